The van der Waals surface area contributed by atoms with E-state index in [9.17, 15) is 13.6 Å². The van der Waals surface area contributed by atoms with Gasteiger partial charge in [-0.15, -0.1) is 0 Å². The Morgan fingerprint density at radius 2 is 2.08 bits per heavy atom. The van der Waals surface area contributed by atoms with E-state index in [0.717, 1.165) is 12.1 Å². The summed E-state index contributed by atoms with van der Waals surface area (Å²) < 4.78 is 28.2. The Bertz CT molecular complexity index is 711. The fourth-order valence-corrected chi connectivity index (χ4v) is 3.12. The molecule has 1 fully saturated rings. The Hall–Kier alpha value is -2.28. The van der Waals surface area contributed by atoms with Gasteiger partial charge < -0.3 is 10.6 Å². The summed E-state index contributed by atoms with van der Waals surface area (Å²) in [6, 6.07) is 5.02. The molecule has 1 aliphatic rings. The Kier molecular flexibility index (Phi) is 4.62. The Morgan fingerprint density at radius 1 is 1.33 bits per heavy atom. The highest BCUT2D eigenvalue weighted by Crippen LogP contribution is 2.28. The first kappa shape index (κ1) is 16.6. The van der Waals surface area contributed by atoms with Crippen LogP contribution in [0.4, 0.5) is 8.78 Å². The van der Waals surface area contributed by atoms with Crippen LogP contribution in [0.3, 0.4) is 0 Å². The lowest BCUT2D eigenvalue weighted by atomic mass is 9.87. The van der Waals surface area contributed by atoms with Crippen LogP contribution in [0.2, 0.25) is 0 Å². The van der Waals surface area contributed by atoms with Gasteiger partial charge in [-0.05, 0) is 56.6 Å². The molecule has 7 heteroatoms. The van der Waals surface area contributed by atoms with Crippen molar-refractivity contribution in [3.05, 3.63) is 53.9 Å². The van der Waals surface area contributed by atoms with Crippen LogP contribution in [-0.2, 0) is 10.3 Å². The number of hydrogen-bond acceptors (Lipinski definition) is 3. The molecule has 1 unspecified atom stereocenters. The third-order valence-corrected chi connectivity index (χ3v) is 4.59. The summed E-state index contributed by atoms with van der Waals surface area (Å²) in [6.07, 6.45) is 4.67. The van der Waals surface area contributed by atoms with Crippen LogP contribution in [0.1, 0.15) is 31.4 Å². The maximum Gasteiger partial charge on any atom is 0.248 e. The maximum atomic E-state index is 13.4. The first-order valence-corrected chi connectivity index (χ1v) is 8.00. The number of carbonyl (C=O) groups is 1. The van der Waals surface area contributed by atoms with E-state index >= 15 is 0 Å². The summed E-state index contributed by atoms with van der Waals surface area (Å²) in [6.45, 7) is 3.18. The number of nitrogens with one attached hydrogen (secondary N) is 2. The monoisotopic (exact) mass is 334 g/mol. The van der Waals surface area contributed by atoms with Gasteiger partial charge in [-0.2, -0.15) is 5.10 Å². The van der Waals surface area contributed by atoms with Crippen molar-refractivity contribution in [2.24, 2.45) is 0 Å². The number of rotatable bonds is 4. The lowest BCUT2D eigenvalue weighted by Crippen LogP contribution is -2.55. The minimum absolute atomic E-state index is 0.162. The highest BCUT2D eigenvalue weighted by atomic mass is 19.2. The molecule has 0 radical (unpaired) electrons. The number of carbonyl (C=O) groups excluding carboxylic acids is 1. The summed E-state index contributed by atoms with van der Waals surface area (Å²) in [4.78, 5) is 13.0. The molecular weight excluding hydrogens is 314 g/mol. The molecule has 3 rings (SSSR count). The van der Waals surface area contributed by atoms with Gasteiger partial charge in [0, 0.05) is 12.4 Å². The van der Waals surface area contributed by atoms with Gasteiger partial charge in [-0.1, -0.05) is 6.07 Å². The molecule has 0 aliphatic carbocycles. The van der Waals surface area contributed by atoms with Crippen molar-refractivity contribution in [2.75, 3.05) is 13.1 Å². The molecule has 5 nitrogen and oxygen atoms in total. The van der Waals surface area contributed by atoms with Crippen molar-refractivity contribution in [3.63, 3.8) is 0 Å². The second-order valence-corrected chi connectivity index (χ2v) is 6.10. The zero-order valence-corrected chi connectivity index (χ0v) is 13.4. The zero-order chi connectivity index (χ0) is 17.2. The number of amides is 1. The number of halogens is 2. The van der Waals surface area contributed by atoms with E-state index < -0.39 is 23.2 Å². The molecule has 24 heavy (non-hydrogen) atoms. The maximum absolute atomic E-state index is 13.4. The van der Waals surface area contributed by atoms with E-state index in [1.165, 1.54) is 6.07 Å². The first-order chi connectivity index (χ1) is 11.5. The van der Waals surface area contributed by atoms with Gasteiger partial charge in [0.15, 0.2) is 11.6 Å². The van der Waals surface area contributed by atoms with Crippen LogP contribution in [0.15, 0.2) is 36.7 Å². The van der Waals surface area contributed by atoms with Crippen molar-refractivity contribution in [2.45, 2.75) is 31.3 Å². The van der Waals surface area contributed by atoms with Crippen LogP contribution in [0, 0.1) is 11.6 Å². The van der Waals surface area contributed by atoms with Crippen LogP contribution in [-0.4, -0.2) is 28.8 Å². The molecule has 1 aromatic carbocycles. The molecule has 1 amide bonds. The highest BCUT2D eigenvalue weighted by Gasteiger charge is 2.42. The van der Waals surface area contributed by atoms with Crippen LogP contribution in [0.25, 0.3) is 0 Å². The Labute approximate surface area is 139 Å². The SMILES string of the molecule is CC(NC(=O)C1(n2cccn2)CCNCC1)c1ccc(F)c(F)c1. The molecule has 2 aromatic rings. The standard InChI is InChI=1S/C17H20F2N4O/c1-12(13-3-4-14(18)15(19)11-13)22-16(24)17(5-8-20-9-6-17)23-10-2-7-21-23/h2-4,7,10-12,20H,5-6,8-9H2,1H3,(H,22,24). The van der Waals surface area contributed by atoms with Crippen molar-refractivity contribution in [3.8, 4) is 0 Å². The number of aromatic nitrogens is 2. The predicted octanol–water partition coefficient (Wildman–Crippen LogP) is 2.12. The molecule has 1 atom stereocenters. The minimum atomic E-state index is -0.919. The normalized spacial score (nSPS) is 18.1. The summed E-state index contributed by atoms with van der Waals surface area (Å²) in [7, 11) is 0. The smallest absolute Gasteiger partial charge is 0.248 e. The molecule has 2 N–H and O–H groups in total. The van der Waals surface area contributed by atoms with Crippen molar-refractivity contribution in [1.29, 1.82) is 0 Å². The van der Waals surface area contributed by atoms with E-state index in [0.29, 0.717) is 31.5 Å². The van der Waals surface area contributed by atoms with E-state index in [-0.39, 0.29) is 5.91 Å². The molecule has 0 saturated carbocycles. The second kappa shape index (κ2) is 6.68. The van der Waals surface area contributed by atoms with Crippen LogP contribution in [0.5, 0.6) is 0 Å². The quantitative estimate of drug-likeness (QED) is 0.900. The largest absolute Gasteiger partial charge is 0.347 e. The Morgan fingerprint density at radius 3 is 2.71 bits per heavy atom. The minimum Gasteiger partial charge on any atom is -0.347 e. The van der Waals surface area contributed by atoms with E-state index in [4.69, 9.17) is 0 Å². The first-order valence-electron chi connectivity index (χ1n) is 8.00. The Balaban J connectivity index is 1.82. The summed E-state index contributed by atoms with van der Waals surface area (Å²) in [5.41, 5.74) is -0.242. The summed E-state index contributed by atoms with van der Waals surface area (Å²) in [5.74, 6) is -1.98. The van der Waals surface area contributed by atoms with Crippen molar-refractivity contribution < 1.29 is 13.6 Å². The molecule has 0 bridgehead atoms. The number of hydrogen-bond donors (Lipinski definition) is 2. The molecular formula is C17H20F2N4O. The molecule has 1 aromatic heterocycles. The van der Waals surface area contributed by atoms with Crippen molar-refractivity contribution in [1.82, 2.24) is 20.4 Å². The lowest BCUT2D eigenvalue weighted by Gasteiger charge is -2.37. The second-order valence-electron chi connectivity index (χ2n) is 6.10. The third-order valence-electron chi connectivity index (χ3n) is 4.59. The summed E-state index contributed by atoms with van der Waals surface area (Å²) >= 11 is 0. The molecule has 1 saturated heterocycles. The van der Waals surface area contributed by atoms with Gasteiger partial charge in [-0.25, -0.2) is 8.78 Å². The molecule has 1 aliphatic heterocycles. The van der Waals surface area contributed by atoms with E-state index in [1.807, 2.05) is 0 Å². The number of benzene rings is 1. The number of nitrogens with zero attached hydrogens (tertiary/aromatic N) is 2. The van der Waals surface area contributed by atoms with Gasteiger partial charge in [0.2, 0.25) is 5.91 Å². The molecule has 2 heterocycles. The van der Waals surface area contributed by atoms with Crippen LogP contribution >= 0.6 is 0 Å². The van der Waals surface area contributed by atoms with E-state index in [1.54, 1.807) is 30.1 Å². The third kappa shape index (κ3) is 3.03. The fourth-order valence-electron chi connectivity index (χ4n) is 3.12. The summed E-state index contributed by atoms with van der Waals surface area (Å²) in [5, 5.41) is 10.4. The molecule has 128 valence electrons. The average Bonchev–Trinajstić information content (AvgIpc) is 3.13. The molecule has 0 spiro atoms. The zero-order valence-electron chi connectivity index (χ0n) is 13.4. The highest BCUT2D eigenvalue weighted by molar-refractivity contribution is 5.85. The lowest BCUT2D eigenvalue weighted by molar-refractivity contribution is -0.132. The fraction of sp³-hybridized carbons (Fsp3) is 0.412. The van der Waals surface area contributed by atoms with Gasteiger partial charge in [-0.3, -0.25) is 9.48 Å². The van der Waals surface area contributed by atoms with Gasteiger partial charge >= 0.3 is 0 Å². The van der Waals surface area contributed by atoms with E-state index in [2.05, 4.69) is 15.7 Å². The predicted molar refractivity (Wildman–Crippen MR) is 85.2 cm³/mol. The number of piperidine rings is 1. The van der Waals surface area contributed by atoms with Gasteiger partial charge in [0.25, 0.3) is 0 Å². The topological polar surface area (TPSA) is 59.0 Å². The van der Waals surface area contributed by atoms with Crippen LogP contribution < -0.4 is 10.6 Å². The average molecular weight is 334 g/mol. The van der Waals surface area contributed by atoms with Gasteiger partial charge in [0.1, 0.15) is 5.54 Å². The van der Waals surface area contributed by atoms with Crippen molar-refractivity contribution >= 4 is 5.91 Å². The van der Waals surface area contributed by atoms with Gasteiger partial charge in [0.05, 0.1) is 6.04 Å².